The first-order chi connectivity index (χ1) is 12.5. The smallest absolute Gasteiger partial charge is 0.275 e. The van der Waals surface area contributed by atoms with Crippen LogP contribution in [0.2, 0.25) is 0 Å². The zero-order valence-electron chi connectivity index (χ0n) is 15.2. The van der Waals surface area contributed by atoms with Gasteiger partial charge in [0.15, 0.2) is 0 Å². The number of hydrogen-bond donors (Lipinski definition) is 1. The molecule has 1 amide bonds. The van der Waals surface area contributed by atoms with Crippen LogP contribution < -0.4 is 10.9 Å². The van der Waals surface area contributed by atoms with Gasteiger partial charge in [-0.1, -0.05) is 18.2 Å². The van der Waals surface area contributed by atoms with E-state index in [0.717, 1.165) is 48.1 Å². The summed E-state index contributed by atoms with van der Waals surface area (Å²) in [5, 5.41) is 9.19. The third-order valence-corrected chi connectivity index (χ3v) is 6.79. The Kier molecular flexibility index (Phi) is 3.49. The first-order valence-corrected chi connectivity index (χ1v) is 9.79. The maximum atomic E-state index is 12.8. The van der Waals surface area contributed by atoms with Crippen molar-refractivity contribution in [2.24, 2.45) is 17.8 Å². The first-order valence-electron chi connectivity index (χ1n) is 9.79. The number of nitrogens with zero attached hydrogens (tertiary/aromatic N) is 2. The fraction of sp³-hybridized carbons (Fsp3) is 0.571. The zero-order chi connectivity index (χ0) is 17.9. The van der Waals surface area contributed by atoms with E-state index in [9.17, 15) is 9.59 Å². The molecule has 0 unspecified atom stereocenters. The van der Waals surface area contributed by atoms with E-state index in [4.69, 9.17) is 0 Å². The minimum Gasteiger partial charge on any atom is -0.349 e. The van der Waals surface area contributed by atoms with E-state index in [1.54, 1.807) is 6.07 Å². The molecule has 4 saturated carbocycles. The highest BCUT2D eigenvalue weighted by Gasteiger charge is 2.51. The van der Waals surface area contributed by atoms with Crippen LogP contribution in [0.25, 0.3) is 10.8 Å². The van der Waals surface area contributed by atoms with Gasteiger partial charge in [-0.2, -0.15) is 5.10 Å². The summed E-state index contributed by atoms with van der Waals surface area (Å²) in [6.45, 7) is 1.89. The van der Waals surface area contributed by atoms with E-state index in [0.29, 0.717) is 5.39 Å². The molecule has 0 atom stereocenters. The Morgan fingerprint density at radius 2 is 1.69 bits per heavy atom. The van der Waals surface area contributed by atoms with Crippen LogP contribution >= 0.6 is 0 Å². The quantitative estimate of drug-likeness (QED) is 0.925. The normalized spacial score (nSPS) is 32.1. The molecule has 2 aromatic rings. The van der Waals surface area contributed by atoms with Crippen molar-refractivity contribution in [2.45, 2.75) is 57.5 Å². The number of fused-ring (bicyclic) bond motifs is 1. The number of nitrogens with one attached hydrogen (secondary N) is 1. The Hall–Kier alpha value is -2.17. The summed E-state index contributed by atoms with van der Waals surface area (Å²) < 4.78 is 1.33. The lowest BCUT2D eigenvalue weighted by atomic mass is 9.53. The van der Waals surface area contributed by atoms with Crippen molar-refractivity contribution < 1.29 is 4.79 Å². The van der Waals surface area contributed by atoms with Crippen molar-refractivity contribution in [1.29, 1.82) is 0 Å². The number of carbonyl (C=O) groups is 1. The van der Waals surface area contributed by atoms with E-state index >= 15 is 0 Å². The molecule has 5 heteroatoms. The number of benzene rings is 1. The minimum absolute atomic E-state index is 0.00621. The summed E-state index contributed by atoms with van der Waals surface area (Å²) in [7, 11) is 0. The molecule has 26 heavy (non-hydrogen) atoms. The molecule has 1 N–H and O–H groups in total. The van der Waals surface area contributed by atoms with Crippen LogP contribution in [0.4, 0.5) is 0 Å². The molecule has 136 valence electrons. The molecule has 1 aromatic carbocycles. The molecule has 6 rings (SSSR count). The SMILES string of the molecule is Cc1nn(CC(=O)NC23CC4CC(CC(C4)C2)C3)c(=O)c2ccccc12. The third-order valence-electron chi connectivity index (χ3n) is 6.79. The molecule has 0 spiro atoms. The summed E-state index contributed by atoms with van der Waals surface area (Å²) in [6.07, 6.45) is 7.39. The van der Waals surface area contributed by atoms with Crippen molar-refractivity contribution in [3.63, 3.8) is 0 Å². The Balaban J connectivity index is 1.39. The number of amides is 1. The van der Waals surface area contributed by atoms with E-state index in [1.165, 1.54) is 23.9 Å². The van der Waals surface area contributed by atoms with Crippen molar-refractivity contribution in [1.82, 2.24) is 15.1 Å². The maximum Gasteiger partial charge on any atom is 0.275 e. The van der Waals surface area contributed by atoms with Gasteiger partial charge in [0.1, 0.15) is 6.54 Å². The van der Waals surface area contributed by atoms with Crippen LogP contribution in [0, 0.1) is 24.7 Å². The van der Waals surface area contributed by atoms with E-state index in [1.807, 2.05) is 25.1 Å². The predicted molar refractivity (Wildman–Crippen MR) is 99.8 cm³/mol. The van der Waals surface area contributed by atoms with Gasteiger partial charge in [0.05, 0.1) is 11.1 Å². The van der Waals surface area contributed by atoms with E-state index < -0.39 is 0 Å². The van der Waals surface area contributed by atoms with Crippen molar-refractivity contribution in [3.05, 3.63) is 40.3 Å². The monoisotopic (exact) mass is 351 g/mol. The molecule has 1 heterocycles. The van der Waals surface area contributed by atoms with Gasteiger partial charge in [0, 0.05) is 10.9 Å². The van der Waals surface area contributed by atoms with Crippen LogP contribution in [-0.4, -0.2) is 21.2 Å². The summed E-state index contributed by atoms with van der Waals surface area (Å²) in [4.78, 5) is 25.5. The fourth-order valence-electron chi connectivity index (χ4n) is 6.25. The molecule has 4 bridgehead atoms. The van der Waals surface area contributed by atoms with Crippen molar-refractivity contribution in [3.8, 4) is 0 Å². The van der Waals surface area contributed by atoms with E-state index in [-0.39, 0.29) is 23.6 Å². The molecule has 0 radical (unpaired) electrons. The highest BCUT2D eigenvalue weighted by Crippen LogP contribution is 2.55. The van der Waals surface area contributed by atoms with Crippen LogP contribution in [0.3, 0.4) is 0 Å². The summed E-state index contributed by atoms with van der Waals surface area (Å²) in [5.41, 5.74) is 0.566. The topological polar surface area (TPSA) is 64.0 Å². The van der Waals surface area contributed by atoms with Gasteiger partial charge in [-0.25, -0.2) is 4.68 Å². The standard InChI is InChI=1S/C21H25N3O2/c1-13-17-4-2-3-5-18(17)20(26)24(23-13)12-19(25)22-21-9-14-6-15(10-21)8-16(7-14)11-21/h2-5,14-16H,6-12H2,1H3,(H,22,25). The van der Waals surface area contributed by atoms with Gasteiger partial charge in [0.2, 0.25) is 5.91 Å². The van der Waals surface area contributed by atoms with Gasteiger partial charge in [0.25, 0.3) is 5.56 Å². The average Bonchev–Trinajstić information content (AvgIpc) is 2.58. The molecule has 0 aliphatic heterocycles. The number of rotatable bonds is 3. The Labute approximate surface area is 152 Å². The lowest BCUT2D eigenvalue weighted by molar-refractivity contribution is -0.127. The molecule has 4 fully saturated rings. The summed E-state index contributed by atoms with van der Waals surface area (Å²) >= 11 is 0. The molecule has 5 nitrogen and oxygen atoms in total. The van der Waals surface area contributed by atoms with Gasteiger partial charge in [-0.15, -0.1) is 0 Å². The second-order valence-electron chi connectivity index (χ2n) is 8.84. The number of hydrogen-bond acceptors (Lipinski definition) is 3. The second-order valence-corrected chi connectivity index (χ2v) is 8.84. The van der Waals surface area contributed by atoms with Gasteiger partial charge >= 0.3 is 0 Å². The van der Waals surface area contributed by atoms with Gasteiger partial charge in [-0.05, 0) is 69.3 Å². The average molecular weight is 351 g/mol. The molecular weight excluding hydrogens is 326 g/mol. The van der Waals surface area contributed by atoms with Crippen LogP contribution in [0.5, 0.6) is 0 Å². The molecule has 4 aliphatic rings. The summed E-state index contributed by atoms with van der Waals surface area (Å²) in [5.74, 6) is 2.28. The lowest BCUT2D eigenvalue weighted by Gasteiger charge is -2.56. The predicted octanol–water partition coefficient (Wildman–Crippen LogP) is 2.79. The molecule has 0 saturated heterocycles. The lowest BCUT2D eigenvalue weighted by Crippen LogP contribution is -2.60. The van der Waals surface area contributed by atoms with Crippen LogP contribution in [0.15, 0.2) is 29.1 Å². The second kappa shape index (κ2) is 5.66. The minimum atomic E-state index is -0.188. The zero-order valence-corrected chi connectivity index (χ0v) is 15.2. The van der Waals surface area contributed by atoms with Crippen LogP contribution in [0.1, 0.15) is 44.2 Å². The molecule has 1 aromatic heterocycles. The Morgan fingerprint density at radius 3 is 2.31 bits per heavy atom. The highest BCUT2D eigenvalue weighted by molar-refractivity contribution is 5.83. The van der Waals surface area contributed by atoms with Crippen molar-refractivity contribution >= 4 is 16.7 Å². The molecule has 4 aliphatic carbocycles. The maximum absolute atomic E-state index is 12.8. The largest absolute Gasteiger partial charge is 0.349 e. The number of aromatic nitrogens is 2. The van der Waals surface area contributed by atoms with Crippen molar-refractivity contribution in [2.75, 3.05) is 0 Å². The van der Waals surface area contributed by atoms with Crippen LogP contribution in [-0.2, 0) is 11.3 Å². The third kappa shape index (κ3) is 2.56. The fourth-order valence-corrected chi connectivity index (χ4v) is 6.25. The number of aryl methyl sites for hydroxylation is 1. The Morgan fingerprint density at radius 1 is 1.12 bits per heavy atom. The van der Waals surface area contributed by atoms with Gasteiger partial charge in [-0.3, -0.25) is 9.59 Å². The Bertz CT molecular complexity index is 911. The first kappa shape index (κ1) is 16.0. The highest BCUT2D eigenvalue weighted by atomic mass is 16.2. The van der Waals surface area contributed by atoms with E-state index in [2.05, 4.69) is 10.4 Å². The summed E-state index contributed by atoms with van der Waals surface area (Å²) in [6, 6.07) is 7.46. The molecular formula is C21H25N3O2. The number of carbonyl (C=O) groups excluding carboxylic acids is 1. The van der Waals surface area contributed by atoms with Gasteiger partial charge < -0.3 is 5.32 Å².